The highest BCUT2D eigenvalue weighted by Gasteiger charge is 2.25. The van der Waals surface area contributed by atoms with E-state index in [1.54, 1.807) is 0 Å². The molecule has 29 heavy (non-hydrogen) atoms. The lowest BCUT2D eigenvalue weighted by atomic mass is 10.1. The fraction of sp³-hybridized carbons (Fsp3) is 0.714. The number of piperidine rings is 3. The van der Waals surface area contributed by atoms with Gasteiger partial charge in [-0.2, -0.15) is 9.97 Å². The van der Waals surface area contributed by atoms with Crippen molar-refractivity contribution in [3.63, 3.8) is 0 Å². The van der Waals surface area contributed by atoms with Gasteiger partial charge in [-0.15, -0.1) is 0 Å². The summed E-state index contributed by atoms with van der Waals surface area (Å²) in [5, 5.41) is 0.423. The Kier molecular flexibility index (Phi) is 5.57. The molecule has 3 saturated heterocycles. The first-order valence-corrected chi connectivity index (χ1v) is 11.7. The van der Waals surface area contributed by atoms with E-state index in [-0.39, 0.29) is 0 Å². The molecule has 0 unspecified atom stereocenters. The van der Waals surface area contributed by atoms with E-state index in [1.165, 1.54) is 57.8 Å². The Morgan fingerprint density at radius 2 is 1.00 bits per heavy atom. The van der Waals surface area contributed by atoms with Crippen molar-refractivity contribution in [3.8, 4) is 0 Å². The molecule has 0 radical (unpaired) electrons. The molecule has 0 N–H and O–H groups in total. The molecule has 3 fully saturated rings. The maximum absolute atomic E-state index is 6.62. The smallest absolute Gasteiger partial charge is 0.228 e. The summed E-state index contributed by atoms with van der Waals surface area (Å²) in [6.45, 7) is 6.12. The highest BCUT2D eigenvalue weighted by molar-refractivity contribution is 6.33. The molecule has 0 bridgehead atoms. The molecule has 0 spiro atoms. The maximum atomic E-state index is 6.62. The van der Waals surface area contributed by atoms with Gasteiger partial charge in [-0.3, -0.25) is 0 Å². The Bertz CT molecular complexity index is 856. The second-order valence-corrected chi connectivity index (χ2v) is 8.86. The summed E-state index contributed by atoms with van der Waals surface area (Å²) in [5.74, 6) is 2.65. The maximum Gasteiger partial charge on any atom is 0.228 e. The quantitative estimate of drug-likeness (QED) is 0.701. The summed E-state index contributed by atoms with van der Waals surface area (Å²) in [4.78, 5) is 26.5. The van der Waals surface area contributed by atoms with Gasteiger partial charge in [-0.05, 0) is 57.8 Å². The average Bonchev–Trinajstić information content (AvgIpc) is 2.80. The number of anilines is 3. The lowest BCUT2D eigenvalue weighted by Crippen LogP contribution is -2.36. The first kappa shape index (κ1) is 19.1. The molecular formula is C21H30ClN7. The van der Waals surface area contributed by atoms with E-state index in [0.717, 1.165) is 50.9 Å². The summed E-state index contributed by atoms with van der Waals surface area (Å²) < 4.78 is 0. The molecule has 0 atom stereocenters. The van der Waals surface area contributed by atoms with Crippen LogP contribution >= 0.6 is 11.6 Å². The van der Waals surface area contributed by atoms with Gasteiger partial charge in [0.25, 0.3) is 0 Å². The Labute approximate surface area is 177 Å². The number of hydrogen-bond donors (Lipinski definition) is 0. The summed E-state index contributed by atoms with van der Waals surface area (Å²) in [6.07, 6.45) is 11.1. The van der Waals surface area contributed by atoms with E-state index in [2.05, 4.69) is 19.7 Å². The van der Waals surface area contributed by atoms with Gasteiger partial charge < -0.3 is 14.7 Å². The van der Waals surface area contributed by atoms with Gasteiger partial charge in [0, 0.05) is 39.3 Å². The van der Waals surface area contributed by atoms with Crippen molar-refractivity contribution in [2.45, 2.75) is 57.8 Å². The third kappa shape index (κ3) is 3.93. The Morgan fingerprint density at radius 1 is 0.517 bits per heavy atom. The first-order chi connectivity index (χ1) is 14.3. The van der Waals surface area contributed by atoms with Crippen LogP contribution in [0.3, 0.4) is 0 Å². The van der Waals surface area contributed by atoms with Crippen molar-refractivity contribution in [1.82, 2.24) is 19.9 Å². The van der Waals surface area contributed by atoms with Crippen LogP contribution in [0.25, 0.3) is 11.2 Å². The topological polar surface area (TPSA) is 61.3 Å². The number of halogens is 1. The zero-order chi connectivity index (χ0) is 19.6. The number of fused-ring (bicyclic) bond motifs is 1. The van der Waals surface area contributed by atoms with E-state index >= 15 is 0 Å². The Morgan fingerprint density at radius 3 is 1.55 bits per heavy atom. The zero-order valence-corrected chi connectivity index (χ0v) is 17.9. The van der Waals surface area contributed by atoms with Gasteiger partial charge in [0.15, 0.2) is 22.4 Å². The number of rotatable bonds is 3. The van der Waals surface area contributed by atoms with Crippen molar-refractivity contribution < 1.29 is 0 Å². The van der Waals surface area contributed by atoms with Crippen molar-refractivity contribution in [1.29, 1.82) is 0 Å². The normalized spacial score (nSPS) is 21.1. The number of nitrogens with zero attached hydrogens (tertiary/aromatic N) is 7. The summed E-state index contributed by atoms with van der Waals surface area (Å²) in [7, 11) is 0. The largest absolute Gasteiger partial charge is 0.354 e. The average molecular weight is 416 g/mol. The Balaban J connectivity index is 1.59. The highest BCUT2D eigenvalue weighted by Crippen LogP contribution is 2.33. The molecule has 3 aliphatic rings. The minimum atomic E-state index is 0.423. The van der Waals surface area contributed by atoms with Crippen LogP contribution in [-0.2, 0) is 0 Å². The fourth-order valence-electron chi connectivity index (χ4n) is 4.76. The third-order valence-electron chi connectivity index (χ3n) is 6.39. The van der Waals surface area contributed by atoms with Crippen LogP contribution in [-0.4, -0.2) is 59.2 Å². The van der Waals surface area contributed by atoms with E-state index in [0.29, 0.717) is 22.3 Å². The second-order valence-electron chi connectivity index (χ2n) is 8.50. The van der Waals surface area contributed by atoms with Crippen LogP contribution in [0.5, 0.6) is 0 Å². The lowest BCUT2D eigenvalue weighted by Gasteiger charge is -2.34. The summed E-state index contributed by atoms with van der Waals surface area (Å²) >= 11 is 6.62. The molecule has 0 aliphatic carbocycles. The van der Waals surface area contributed by atoms with Gasteiger partial charge in [0.1, 0.15) is 5.52 Å². The molecule has 2 aromatic heterocycles. The van der Waals surface area contributed by atoms with E-state index in [9.17, 15) is 0 Å². The van der Waals surface area contributed by atoms with E-state index in [1.807, 2.05) is 0 Å². The monoisotopic (exact) mass is 415 g/mol. The minimum absolute atomic E-state index is 0.423. The van der Waals surface area contributed by atoms with Crippen LogP contribution in [0, 0.1) is 0 Å². The zero-order valence-electron chi connectivity index (χ0n) is 17.1. The van der Waals surface area contributed by atoms with Crippen LogP contribution in [0.1, 0.15) is 57.8 Å². The lowest BCUT2D eigenvalue weighted by molar-refractivity contribution is 0.558. The van der Waals surface area contributed by atoms with Gasteiger partial charge in [0.2, 0.25) is 5.95 Å². The van der Waals surface area contributed by atoms with Gasteiger partial charge in [-0.25, -0.2) is 9.97 Å². The van der Waals surface area contributed by atoms with Gasteiger partial charge >= 0.3 is 0 Å². The highest BCUT2D eigenvalue weighted by atomic mass is 35.5. The SMILES string of the molecule is Clc1nc(N2CCCCC2)nc2nc(N3CCCCC3)c(N3CCCCC3)nc12. The molecule has 3 aliphatic heterocycles. The van der Waals surface area contributed by atoms with E-state index < -0.39 is 0 Å². The van der Waals surface area contributed by atoms with Crippen LogP contribution in [0.15, 0.2) is 0 Å². The molecule has 7 nitrogen and oxygen atoms in total. The summed E-state index contributed by atoms with van der Waals surface area (Å²) in [5.41, 5.74) is 1.26. The molecule has 2 aromatic rings. The molecule has 156 valence electrons. The molecule has 0 saturated carbocycles. The van der Waals surface area contributed by atoms with Crippen molar-refractivity contribution >= 4 is 40.3 Å². The molecule has 5 rings (SSSR count). The van der Waals surface area contributed by atoms with Crippen LogP contribution in [0.2, 0.25) is 5.15 Å². The second kappa shape index (κ2) is 8.46. The minimum Gasteiger partial charge on any atom is -0.354 e. The third-order valence-corrected chi connectivity index (χ3v) is 6.65. The van der Waals surface area contributed by atoms with Crippen LogP contribution in [0.4, 0.5) is 17.6 Å². The Hall–Kier alpha value is -1.89. The van der Waals surface area contributed by atoms with Crippen molar-refractivity contribution in [3.05, 3.63) is 5.15 Å². The fourth-order valence-corrected chi connectivity index (χ4v) is 4.96. The van der Waals surface area contributed by atoms with Crippen molar-refractivity contribution in [2.24, 2.45) is 0 Å². The van der Waals surface area contributed by atoms with Gasteiger partial charge in [0.05, 0.1) is 0 Å². The van der Waals surface area contributed by atoms with Crippen LogP contribution < -0.4 is 14.7 Å². The molecule has 5 heterocycles. The molecule has 0 amide bonds. The number of aromatic nitrogens is 4. The molecule has 0 aromatic carbocycles. The molecule has 8 heteroatoms. The first-order valence-electron chi connectivity index (χ1n) is 11.3. The van der Waals surface area contributed by atoms with E-state index in [4.69, 9.17) is 26.6 Å². The summed E-state index contributed by atoms with van der Waals surface area (Å²) in [6, 6.07) is 0. The predicted molar refractivity (Wildman–Crippen MR) is 118 cm³/mol. The van der Waals surface area contributed by atoms with Crippen molar-refractivity contribution in [2.75, 3.05) is 54.0 Å². The number of hydrogen-bond acceptors (Lipinski definition) is 7. The molecular weight excluding hydrogens is 386 g/mol. The standard InChI is InChI=1S/C21H30ClN7/c22-17-16-18(26-21(24-17)29-14-8-3-9-15-29)25-20(28-12-6-2-7-13-28)19(23-16)27-10-4-1-5-11-27/h1-15H2. The predicted octanol–water partition coefficient (Wildman–Crippen LogP) is 4.04. The van der Waals surface area contributed by atoms with Gasteiger partial charge in [-0.1, -0.05) is 11.6 Å².